The van der Waals surface area contributed by atoms with E-state index >= 15 is 0 Å². The molecule has 0 aromatic carbocycles. The molecule has 0 bridgehead atoms. The maximum absolute atomic E-state index is 11.9. The lowest BCUT2D eigenvalue weighted by Gasteiger charge is -2.23. The van der Waals surface area contributed by atoms with Crippen molar-refractivity contribution in [2.75, 3.05) is 26.3 Å². The van der Waals surface area contributed by atoms with Crippen molar-refractivity contribution >= 4 is 11.8 Å². The average molecular weight is 268 g/mol. The lowest BCUT2D eigenvalue weighted by Crippen LogP contribution is -2.40. The summed E-state index contributed by atoms with van der Waals surface area (Å²) in [6.07, 6.45) is 5.07. The SMILES string of the molecule is O=C(CCC1CCOCC1)NC(=O)C1CCNCC1. The molecule has 0 atom stereocenters. The second-order valence-corrected chi connectivity index (χ2v) is 5.53. The summed E-state index contributed by atoms with van der Waals surface area (Å²) in [4.78, 5) is 23.6. The summed E-state index contributed by atoms with van der Waals surface area (Å²) in [7, 11) is 0. The molecule has 2 saturated heterocycles. The van der Waals surface area contributed by atoms with Crippen LogP contribution >= 0.6 is 0 Å². The molecular formula is C14H24N2O3. The van der Waals surface area contributed by atoms with Crippen molar-refractivity contribution in [2.45, 2.75) is 38.5 Å². The number of nitrogens with one attached hydrogen (secondary N) is 2. The number of carbonyl (C=O) groups is 2. The molecule has 2 amide bonds. The van der Waals surface area contributed by atoms with Gasteiger partial charge in [-0.25, -0.2) is 0 Å². The molecule has 5 heteroatoms. The summed E-state index contributed by atoms with van der Waals surface area (Å²) in [6, 6.07) is 0. The van der Waals surface area contributed by atoms with E-state index in [2.05, 4.69) is 10.6 Å². The average Bonchev–Trinajstić information content (AvgIpc) is 2.47. The molecule has 5 nitrogen and oxygen atoms in total. The van der Waals surface area contributed by atoms with Crippen LogP contribution in [0.1, 0.15) is 38.5 Å². The van der Waals surface area contributed by atoms with Gasteiger partial charge in [-0.15, -0.1) is 0 Å². The fraction of sp³-hybridized carbons (Fsp3) is 0.857. The smallest absolute Gasteiger partial charge is 0.229 e. The van der Waals surface area contributed by atoms with Crippen LogP contribution in [0.15, 0.2) is 0 Å². The molecular weight excluding hydrogens is 244 g/mol. The Kier molecular flexibility index (Phi) is 5.79. The molecule has 0 aromatic heterocycles. The maximum atomic E-state index is 11.9. The first-order valence-corrected chi connectivity index (χ1v) is 7.38. The zero-order valence-electron chi connectivity index (χ0n) is 11.5. The predicted octanol–water partition coefficient (Wildman–Crippen LogP) is 0.836. The minimum absolute atomic E-state index is 0.00767. The minimum Gasteiger partial charge on any atom is -0.381 e. The van der Waals surface area contributed by atoms with Gasteiger partial charge in [0, 0.05) is 25.6 Å². The molecule has 2 aliphatic heterocycles. The van der Waals surface area contributed by atoms with Crippen molar-refractivity contribution in [1.29, 1.82) is 0 Å². The third-order valence-electron chi connectivity index (χ3n) is 4.09. The summed E-state index contributed by atoms with van der Waals surface area (Å²) in [5.74, 6) is 0.385. The molecule has 2 fully saturated rings. The Balaban J connectivity index is 1.64. The highest BCUT2D eigenvalue weighted by atomic mass is 16.5. The van der Waals surface area contributed by atoms with Gasteiger partial charge in [-0.3, -0.25) is 14.9 Å². The van der Waals surface area contributed by atoms with Gasteiger partial charge in [-0.1, -0.05) is 0 Å². The van der Waals surface area contributed by atoms with Crippen LogP contribution in [0.2, 0.25) is 0 Å². The summed E-state index contributed by atoms with van der Waals surface area (Å²) >= 11 is 0. The second kappa shape index (κ2) is 7.60. The fourth-order valence-corrected chi connectivity index (χ4v) is 2.76. The first kappa shape index (κ1) is 14.5. The fourth-order valence-electron chi connectivity index (χ4n) is 2.76. The van der Waals surface area contributed by atoms with Gasteiger partial charge in [0.05, 0.1) is 0 Å². The summed E-state index contributed by atoms with van der Waals surface area (Å²) in [5.41, 5.74) is 0. The van der Waals surface area contributed by atoms with Gasteiger partial charge < -0.3 is 10.1 Å². The molecule has 0 spiro atoms. The van der Waals surface area contributed by atoms with E-state index in [1.807, 2.05) is 0 Å². The van der Waals surface area contributed by atoms with Crippen molar-refractivity contribution < 1.29 is 14.3 Å². The van der Waals surface area contributed by atoms with Crippen LogP contribution in [0.4, 0.5) is 0 Å². The Morgan fingerprint density at radius 1 is 1.11 bits per heavy atom. The Bertz CT molecular complexity index is 308. The third kappa shape index (κ3) is 4.91. The zero-order chi connectivity index (χ0) is 13.5. The highest BCUT2D eigenvalue weighted by molar-refractivity contribution is 5.96. The molecule has 0 aliphatic carbocycles. The van der Waals surface area contributed by atoms with Crippen molar-refractivity contribution in [1.82, 2.24) is 10.6 Å². The lowest BCUT2D eigenvalue weighted by molar-refractivity contribution is -0.133. The van der Waals surface area contributed by atoms with Gasteiger partial charge in [0.15, 0.2) is 0 Å². The standard InChI is InChI=1S/C14H24N2O3/c17-13(2-1-11-5-9-19-10-6-11)16-14(18)12-3-7-15-8-4-12/h11-12,15H,1-10H2,(H,16,17,18). The third-order valence-corrected chi connectivity index (χ3v) is 4.09. The largest absolute Gasteiger partial charge is 0.381 e. The molecule has 2 rings (SSSR count). The van der Waals surface area contributed by atoms with Crippen LogP contribution in [-0.2, 0) is 14.3 Å². The Morgan fingerprint density at radius 2 is 1.79 bits per heavy atom. The molecule has 2 aliphatic rings. The quantitative estimate of drug-likeness (QED) is 0.792. The minimum atomic E-state index is -0.116. The molecule has 0 unspecified atom stereocenters. The second-order valence-electron chi connectivity index (χ2n) is 5.53. The van der Waals surface area contributed by atoms with Gasteiger partial charge in [-0.2, -0.15) is 0 Å². The maximum Gasteiger partial charge on any atom is 0.229 e. The van der Waals surface area contributed by atoms with E-state index in [0.29, 0.717) is 12.3 Å². The van der Waals surface area contributed by atoms with E-state index in [-0.39, 0.29) is 17.7 Å². The number of hydrogen-bond acceptors (Lipinski definition) is 4. The van der Waals surface area contributed by atoms with E-state index < -0.39 is 0 Å². The van der Waals surface area contributed by atoms with Crippen LogP contribution in [0, 0.1) is 11.8 Å². The molecule has 0 aromatic rings. The number of rotatable bonds is 4. The van der Waals surface area contributed by atoms with E-state index in [0.717, 1.165) is 58.4 Å². The highest BCUT2D eigenvalue weighted by Gasteiger charge is 2.23. The van der Waals surface area contributed by atoms with Gasteiger partial charge >= 0.3 is 0 Å². The Labute approximate surface area is 114 Å². The van der Waals surface area contributed by atoms with Gasteiger partial charge in [-0.05, 0) is 51.1 Å². The summed E-state index contributed by atoms with van der Waals surface area (Å²) in [5, 5.41) is 5.77. The van der Waals surface area contributed by atoms with E-state index in [9.17, 15) is 9.59 Å². The van der Waals surface area contributed by atoms with Crippen LogP contribution in [0.3, 0.4) is 0 Å². The number of imide groups is 1. The van der Waals surface area contributed by atoms with Crippen molar-refractivity contribution in [3.8, 4) is 0 Å². The summed E-state index contributed by atoms with van der Waals surface area (Å²) in [6.45, 7) is 3.35. The van der Waals surface area contributed by atoms with Crippen LogP contribution in [0.5, 0.6) is 0 Å². The lowest BCUT2D eigenvalue weighted by atomic mass is 9.94. The monoisotopic (exact) mass is 268 g/mol. The van der Waals surface area contributed by atoms with Crippen molar-refractivity contribution in [2.24, 2.45) is 11.8 Å². The molecule has 19 heavy (non-hydrogen) atoms. The first-order valence-electron chi connectivity index (χ1n) is 7.38. The molecule has 2 N–H and O–H groups in total. The highest BCUT2D eigenvalue weighted by Crippen LogP contribution is 2.20. The van der Waals surface area contributed by atoms with E-state index in [1.165, 1.54) is 0 Å². The normalized spacial score (nSPS) is 22.1. The predicted molar refractivity (Wildman–Crippen MR) is 71.5 cm³/mol. The number of carbonyl (C=O) groups excluding carboxylic acids is 2. The zero-order valence-corrected chi connectivity index (χ0v) is 11.5. The Morgan fingerprint density at radius 3 is 2.47 bits per heavy atom. The van der Waals surface area contributed by atoms with Gasteiger partial charge in [0.1, 0.15) is 0 Å². The van der Waals surface area contributed by atoms with E-state index in [4.69, 9.17) is 4.74 Å². The number of piperidine rings is 1. The number of ether oxygens (including phenoxy) is 1. The van der Waals surface area contributed by atoms with Crippen LogP contribution < -0.4 is 10.6 Å². The van der Waals surface area contributed by atoms with Gasteiger partial charge in [0.25, 0.3) is 0 Å². The van der Waals surface area contributed by atoms with Crippen molar-refractivity contribution in [3.05, 3.63) is 0 Å². The van der Waals surface area contributed by atoms with Crippen LogP contribution in [-0.4, -0.2) is 38.1 Å². The topological polar surface area (TPSA) is 67.4 Å². The number of hydrogen-bond donors (Lipinski definition) is 2. The molecule has 2 heterocycles. The molecule has 108 valence electrons. The van der Waals surface area contributed by atoms with Gasteiger partial charge in [0.2, 0.25) is 11.8 Å². The van der Waals surface area contributed by atoms with Crippen LogP contribution in [0.25, 0.3) is 0 Å². The molecule has 0 radical (unpaired) electrons. The molecule has 0 saturated carbocycles. The Hall–Kier alpha value is -0.940. The summed E-state index contributed by atoms with van der Waals surface area (Å²) < 4.78 is 5.29. The first-order chi connectivity index (χ1) is 9.25. The van der Waals surface area contributed by atoms with E-state index in [1.54, 1.807) is 0 Å². The number of amides is 2. The van der Waals surface area contributed by atoms with Crippen molar-refractivity contribution in [3.63, 3.8) is 0 Å².